The number of carbonyl (C=O) groups is 1. The monoisotopic (exact) mass is 377 g/mol. The van der Waals surface area contributed by atoms with E-state index in [9.17, 15) is 4.79 Å². The Morgan fingerprint density at radius 1 is 1.43 bits per heavy atom. The van der Waals surface area contributed by atoms with Gasteiger partial charge in [0.1, 0.15) is 0 Å². The summed E-state index contributed by atoms with van der Waals surface area (Å²) in [5.41, 5.74) is 2.56. The maximum atomic E-state index is 11.8. The van der Waals surface area contributed by atoms with Crippen LogP contribution in [0.3, 0.4) is 0 Å². The minimum absolute atomic E-state index is 0.215. The Balaban J connectivity index is 1.68. The Kier molecular flexibility index (Phi) is 5.07. The van der Waals surface area contributed by atoms with Gasteiger partial charge in [-0.25, -0.2) is 0 Å². The van der Waals surface area contributed by atoms with Gasteiger partial charge in [-0.1, -0.05) is 15.9 Å². The predicted octanol–water partition coefficient (Wildman–Crippen LogP) is 3.42. The van der Waals surface area contributed by atoms with Crippen molar-refractivity contribution in [2.75, 3.05) is 27.2 Å². The summed E-state index contributed by atoms with van der Waals surface area (Å²) in [6.07, 6.45) is 6.25. The van der Waals surface area contributed by atoms with E-state index in [1.54, 1.807) is 4.90 Å². The van der Waals surface area contributed by atoms with Gasteiger partial charge in [-0.05, 0) is 49.6 Å². The lowest BCUT2D eigenvalue weighted by atomic mass is 10.0. The van der Waals surface area contributed by atoms with Gasteiger partial charge in [-0.2, -0.15) is 0 Å². The van der Waals surface area contributed by atoms with Crippen LogP contribution in [0.25, 0.3) is 10.9 Å². The molecule has 1 fully saturated rings. The third-order valence-electron chi connectivity index (χ3n) is 4.80. The quantitative estimate of drug-likeness (QED) is 0.866. The highest BCUT2D eigenvalue weighted by molar-refractivity contribution is 9.10. The molecule has 5 heteroatoms. The van der Waals surface area contributed by atoms with E-state index in [1.165, 1.54) is 29.3 Å². The number of H-pyrrole nitrogens is 1. The van der Waals surface area contributed by atoms with Crippen LogP contribution in [0.1, 0.15) is 24.8 Å². The van der Waals surface area contributed by atoms with Crippen LogP contribution in [0.15, 0.2) is 28.9 Å². The number of aromatic nitrogens is 1. The van der Waals surface area contributed by atoms with Gasteiger partial charge in [-0.15, -0.1) is 0 Å². The predicted molar refractivity (Wildman–Crippen MR) is 97.6 cm³/mol. The lowest BCUT2D eigenvalue weighted by Gasteiger charge is -2.24. The van der Waals surface area contributed by atoms with Crippen LogP contribution >= 0.6 is 15.9 Å². The van der Waals surface area contributed by atoms with Crippen molar-refractivity contribution in [3.05, 3.63) is 34.4 Å². The normalized spacial score (nSPS) is 18.7. The molecule has 0 radical (unpaired) electrons. The Morgan fingerprint density at radius 2 is 2.26 bits per heavy atom. The zero-order valence-electron chi connectivity index (χ0n) is 13.8. The SMILES string of the molecule is CN(C)C(=O)CCN1CCC[C@@H]1Cc1c[nH]c2ccc(Br)cc12. The van der Waals surface area contributed by atoms with E-state index < -0.39 is 0 Å². The zero-order chi connectivity index (χ0) is 16.4. The minimum atomic E-state index is 0.215. The first-order valence-corrected chi connectivity index (χ1v) is 9.03. The second kappa shape index (κ2) is 7.05. The van der Waals surface area contributed by atoms with Crippen LogP contribution in [-0.2, 0) is 11.2 Å². The van der Waals surface area contributed by atoms with Gasteiger partial charge < -0.3 is 9.88 Å². The molecule has 2 aromatic rings. The van der Waals surface area contributed by atoms with Crippen LogP contribution in [0.4, 0.5) is 0 Å². The number of carbonyl (C=O) groups excluding carboxylic acids is 1. The van der Waals surface area contributed by atoms with E-state index in [0.717, 1.165) is 24.0 Å². The number of hydrogen-bond donors (Lipinski definition) is 1. The molecule has 1 aliphatic rings. The Labute approximate surface area is 146 Å². The Hall–Kier alpha value is -1.33. The van der Waals surface area contributed by atoms with Gasteiger partial charge in [0.15, 0.2) is 0 Å². The maximum absolute atomic E-state index is 11.8. The number of nitrogens with one attached hydrogen (secondary N) is 1. The van der Waals surface area contributed by atoms with Gasteiger partial charge in [0, 0.05) is 54.7 Å². The van der Waals surface area contributed by atoms with Crippen LogP contribution in [0.2, 0.25) is 0 Å². The van der Waals surface area contributed by atoms with Crippen molar-refractivity contribution < 1.29 is 4.79 Å². The molecule has 1 amide bonds. The first-order valence-electron chi connectivity index (χ1n) is 8.24. The van der Waals surface area contributed by atoms with Crippen molar-refractivity contribution in [3.8, 4) is 0 Å². The largest absolute Gasteiger partial charge is 0.361 e. The molecule has 124 valence electrons. The summed E-state index contributed by atoms with van der Waals surface area (Å²) in [4.78, 5) is 19.4. The van der Waals surface area contributed by atoms with Gasteiger partial charge in [0.25, 0.3) is 0 Å². The highest BCUT2D eigenvalue weighted by Crippen LogP contribution is 2.27. The van der Waals surface area contributed by atoms with Gasteiger partial charge >= 0.3 is 0 Å². The summed E-state index contributed by atoms with van der Waals surface area (Å²) in [5.74, 6) is 0.215. The number of fused-ring (bicyclic) bond motifs is 1. The average Bonchev–Trinajstić information content (AvgIpc) is 3.12. The molecule has 0 aliphatic carbocycles. The second-order valence-corrected chi connectivity index (χ2v) is 7.49. The lowest BCUT2D eigenvalue weighted by Crippen LogP contribution is -2.35. The van der Waals surface area contributed by atoms with E-state index in [1.807, 2.05) is 14.1 Å². The molecule has 0 bridgehead atoms. The number of aromatic amines is 1. The van der Waals surface area contributed by atoms with Crippen molar-refractivity contribution in [1.82, 2.24) is 14.8 Å². The Bertz CT molecular complexity index is 695. The molecular formula is C18H24BrN3O. The summed E-state index contributed by atoms with van der Waals surface area (Å²) in [6.45, 7) is 1.98. The lowest BCUT2D eigenvalue weighted by molar-refractivity contribution is -0.129. The fourth-order valence-corrected chi connectivity index (χ4v) is 3.82. The van der Waals surface area contributed by atoms with Crippen LogP contribution in [0, 0.1) is 0 Å². The number of rotatable bonds is 5. The molecule has 23 heavy (non-hydrogen) atoms. The summed E-state index contributed by atoms with van der Waals surface area (Å²) in [6, 6.07) is 6.92. The summed E-state index contributed by atoms with van der Waals surface area (Å²) in [5, 5.41) is 1.30. The molecule has 2 heterocycles. The number of amides is 1. The first kappa shape index (κ1) is 16.5. The molecule has 1 N–H and O–H groups in total. The molecule has 0 unspecified atom stereocenters. The fraction of sp³-hybridized carbons (Fsp3) is 0.500. The molecule has 0 saturated carbocycles. The van der Waals surface area contributed by atoms with E-state index >= 15 is 0 Å². The van der Waals surface area contributed by atoms with Crippen molar-refractivity contribution in [2.24, 2.45) is 0 Å². The van der Waals surface area contributed by atoms with E-state index in [-0.39, 0.29) is 5.91 Å². The average molecular weight is 378 g/mol. The standard InChI is InChI=1S/C18H24BrN3O/c1-21(2)18(23)7-9-22-8-3-4-15(22)10-13-12-20-17-6-5-14(19)11-16(13)17/h5-6,11-12,15,20H,3-4,7-10H2,1-2H3/t15-/m1/s1. The molecule has 0 spiro atoms. The van der Waals surface area contributed by atoms with Crippen molar-refractivity contribution in [1.29, 1.82) is 0 Å². The molecule has 4 nitrogen and oxygen atoms in total. The first-order chi connectivity index (χ1) is 11.0. The van der Waals surface area contributed by atoms with E-state index in [4.69, 9.17) is 0 Å². The molecular weight excluding hydrogens is 354 g/mol. The number of nitrogens with zero attached hydrogens (tertiary/aromatic N) is 2. The number of halogens is 1. The number of benzene rings is 1. The summed E-state index contributed by atoms with van der Waals surface area (Å²) >= 11 is 3.56. The zero-order valence-corrected chi connectivity index (χ0v) is 15.4. The Morgan fingerprint density at radius 3 is 3.04 bits per heavy atom. The van der Waals surface area contributed by atoms with Crippen LogP contribution in [0.5, 0.6) is 0 Å². The third-order valence-corrected chi connectivity index (χ3v) is 5.29. The highest BCUT2D eigenvalue weighted by Gasteiger charge is 2.25. The second-order valence-electron chi connectivity index (χ2n) is 6.58. The van der Waals surface area contributed by atoms with Crippen molar-refractivity contribution in [3.63, 3.8) is 0 Å². The maximum Gasteiger partial charge on any atom is 0.223 e. The van der Waals surface area contributed by atoms with Crippen molar-refractivity contribution >= 4 is 32.7 Å². The molecule has 1 aromatic heterocycles. The topological polar surface area (TPSA) is 39.3 Å². The van der Waals surface area contributed by atoms with Crippen LogP contribution in [-0.4, -0.2) is 53.9 Å². The molecule has 1 saturated heterocycles. The molecule has 3 rings (SSSR count). The van der Waals surface area contributed by atoms with Gasteiger partial charge in [0.2, 0.25) is 5.91 Å². The number of likely N-dealkylation sites (tertiary alicyclic amines) is 1. The van der Waals surface area contributed by atoms with Gasteiger partial charge in [-0.3, -0.25) is 9.69 Å². The van der Waals surface area contributed by atoms with Gasteiger partial charge in [0.05, 0.1) is 0 Å². The van der Waals surface area contributed by atoms with E-state index in [0.29, 0.717) is 12.5 Å². The highest BCUT2D eigenvalue weighted by atomic mass is 79.9. The smallest absolute Gasteiger partial charge is 0.223 e. The molecule has 1 aromatic carbocycles. The fourth-order valence-electron chi connectivity index (χ4n) is 3.46. The minimum Gasteiger partial charge on any atom is -0.361 e. The van der Waals surface area contributed by atoms with E-state index in [2.05, 4.69) is 50.2 Å². The number of hydrogen-bond acceptors (Lipinski definition) is 2. The summed E-state index contributed by atoms with van der Waals surface area (Å²) < 4.78 is 1.12. The van der Waals surface area contributed by atoms with Crippen molar-refractivity contribution in [2.45, 2.75) is 31.7 Å². The third kappa shape index (κ3) is 3.78. The van der Waals surface area contributed by atoms with Crippen LogP contribution < -0.4 is 0 Å². The summed E-state index contributed by atoms with van der Waals surface area (Å²) in [7, 11) is 3.65. The molecule has 1 aliphatic heterocycles. The molecule has 1 atom stereocenters.